The van der Waals surface area contributed by atoms with Gasteiger partial charge in [0.25, 0.3) is 0 Å². The van der Waals surface area contributed by atoms with Crippen LogP contribution in [0.4, 0.5) is 0 Å². The van der Waals surface area contributed by atoms with Crippen molar-refractivity contribution in [2.45, 2.75) is 50.8 Å². The van der Waals surface area contributed by atoms with Crippen LogP contribution in [0.2, 0.25) is 0 Å². The third kappa shape index (κ3) is 3.10. The molecule has 110 valence electrons. The van der Waals surface area contributed by atoms with E-state index in [0.717, 1.165) is 47.3 Å². The van der Waals surface area contributed by atoms with Crippen molar-refractivity contribution in [1.82, 2.24) is 5.32 Å². The van der Waals surface area contributed by atoms with E-state index in [1.165, 1.54) is 12.8 Å². The fourth-order valence-corrected chi connectivity index (χ4v) is 3.50. The number of hydrogen-bond donors (Lipinski definition) is 2. The molecule has 1 heterocycles. The zero-order valence-electron chi connectivity index (χ0n) is 11.4. The molecule has 0 amide bonds. The van der Waals surface area contributed by atoms with E-state index in [2.05, 4.69) is 21.2 Å². The molecule has 1 aromatic carbocycles. The highest BCUT2D eigenvalue weighted by Gasteiger charge is 2.22. The van der Waals surface area contributed by atoms with E-state index >= 15 is 0 Å². The summed E-state index contributed by atoms with van der Waals surface area (Å²) >= 11 is 3.51. The molecule has 0 bridgehead atoms. The minimum atomic E-state index is -0.227. The van der Waals surface area contributed by atoms with Gasteiger partial charge in [0.05, 0.1) is 10.6 Å². The van der Waals surface area contributed by atoms with Crippen molar-refractivity contribution in [3.8, 4) is 11.5 Å². The summed E-state index contributed by atoms with van der Waals surface area (Å²) in [7, 11) is 0. The molecule has 1 aliphatic heterocycles. The molecule has 4 nitrogen and oxygen atoms in total. The maximum Gasteiger partial charge on any atom is 0.231 e. The Balaban J connectivity index is 1.64. The number of halogens is 1. The number of fused-ring (bicyclic) bond motifs is 1. The highest BCUT2D eigenvalue weighted by atomic mass is 79.9. The highest BCUT2D eigenvalue weighted by Crippen LogP contribution is 2.40. The van der Waals surface area contributed by atoms with Gasteiger partial charge in [0.15, 0.2) is 11.5 Å². The van der Waals surface area contributed by atoms with Crippen LogP contribution in [-0.2, 0) is 6.54 Å². The molecular weight excluding hydrogens is 322 g/mol. The normalized spacial score (nSPS) is 25.5. The molecule has 2 unspecified atom stereocenters. The van der Waals surface area contributed by atoms with Crippen molar-refractivity contribution in [1.29, 1.82) is 0 Å². The Labute approximate surface area is 127 Å². The van der Waals surface area contributed by atoms with Gasteiger partial charge in [0.1, 0.15) is 0 Å². The van der Waals surface area contributed by atoms with Crippen molar-refractivity contribution in [2.75, 3.05) is 6.79 Å². The quantitative estimate of drug-likeness (QED) is 0.830. The smallest absolute Gasteiger partial charge is 0.231 e. The maximum absolute atomic E-state index is 10.1. The van der Waals surface area contributed by atoms with E-state index in [-0.39, 0.29) is 18.9 Å². The van der Waals surface area contributed by atoms with Crippen LogP contribution < -0.4 is 14.8 Å². The molecule has 5 heteroatoms. The van der Waals surface area contributed by atoms with Gasteiger partial charge in [-0.1, -0.05) is 19.3 Å². The molecule has 2 N–H and O–H groups in total. The first-order valence-electron chi connectivity index (χ1n) is 7.23. The van der Waals surface area contributed by atoms with Crippen LogP contribution in [-0.4, -0.2) is 24.0 Å². The Hall–Kier alpha value is -0.780. The molecule has 2 aliphatic rings. The van der Waals surface area contributed by atoms with Crippen molar-refractivity contribution >= 4 is 15.9 Å². The monoisotopic (exact) mass is 341 g/mol. The number of ether oxygens (including phenoxy) is 2. The summed E-state index contributed by atoms with van der Waals surface area (Å²) in [6, 6.07) is 4.24. The molecule has 1 aromatic rings. The van der Waals surface area contributed by atoms with Crippen LogP contribution >= 0.6 is 15.9 Å². The summed E-state index contributed by atoms with van der Waals surface area (Å²) in [5, 5.41) is 13.6. The largest absolute Gasteiger partial charge is 0.454 e. The average molecular weight is 342 g/mol. The first-order chi connectivity index (χ1) is 9.74. The highest BCUT2D eigenvalue weighted by molar-refractivity contribution is 9.10. The molecule has 1 fully saturated rings. The molecule has 0 saturated heterocycles. The molecule has 1 saturated carbocycles. The van der Waals surface area contributed by atoms with Crippen LogP contribution in [0.1, 0.15) is 37.7 Å². The number of hydrogen-bond acceptors (Lipinski definition) is 4. The van der Waals surface area contributed by atoms with Gasteiger partial charge in [-0.2, -0.15) is 0 Å². The lowest BCUT2D eigenvalue weighted by Gasteiger charge is -2.22. The molecule has 0 aromatic heterocycles. The molecule has 3 rings (SSSR count). The minimum Gasteiger partial charge on any atom is -0.454 e. The second-order valence-electron chi connectivity index (χ2n) is 5.50. The summed E-state index contributed by atoms with van der Waals surface area (Å²) in [6.07, 6.45) is 5.28. The summed E-state index contributed by atoms with van der Waals surface area (Å²) in [4.78, 5) is 0. The number of aliphatic hydroxyl groups is 1. The Bertz CT molecular complexity index is 480. The van der Waals surface area contributed by atoms with E-state index in [9.17, 15) is 5.11 Å². The number of aliphatic hydroxyl groups excluding tert-OH is 1. The summed E-state index contributed by atoms with van der Waals surface area (Å²) in [5.41, 5.74) is 1.14. The molecule has 2 atom stereocenters. The zero-order chi connectivity index (χ0) is 13.9. The predicted octanol–water partition coefficient (Wildman–Crippen LogP) is 2.96. The van der Waals surface area contributed by atoms with E-state index in [1.54, 1.807) is 0 Å². The van der Waals surface area contributed by atoms with Gasteiger partial charge >= 0.3 is 0 Å². The number of rotatable bonds is 3. The van der Waals surface area contributed by atoms with Gasteiger partial charge in [0.2, 0.25) is 6.79 Å². The zero-order valence-corrected chi connectivity index (χ0v) is 13.0. The summed E-state index contributed by atoms with van der Waals surface area (Å²) < 4.78 is 11.7. The molecular formula is C15H20BrNO3. The Morgan fingerprint density at radius 1 is 1.20 bits per heavy atom. The van der Waals surface area contributed by atoms with Gasteiger partial charge in [0, 0.05) is 12.6 Å². The minimum absolute atomic E-state index is 0.196. The fraction of sp³-hybridized carbons (Fsp3) is 0.600. The first-order valence-corrected chi connectivity index (χ1v) is 8.03. The molecule has 20 heavy (non-hydrogen) atoms. The Morgan fingerprint density at radius 3 is 2.95 bits per heavy atom. The second kappa shape index (κ2) is 6.33. The van der Waals surface area contributed by atoms with Gasteiger partial charge in [-0.3, -0.25) is 0 Å². The standard InChI is InChI=1S/C15H20BrNO3/c16-11-6-10(7-14-15(11)20-9-19-14)8-17-12-4-2-1-3-5-13(12)18/h6-7,12-13,17-18H,1-5,8-9H2. The van der Waals surface area contributed by atoms with Gasteiger partial charge < -0.3 is 19.9 Å². The Kier molecular flexibility index (Phi) is 4.48. The number of benzene rings is 1. The second-order valence-corrected chi connectivity index (χ2v) is 6.36. The Morgan fingerprint density at radius 2 is 2.05 bits per heavy atom. The van der Waals surface area contributed by atoms with E-state index in [4.69, 9.17) is 9.47 Å². The van der Waals surface area contributed by atoms with Gasteiger partial charge in [-0.05, 0) is 46.5 Å². The predicted molar refractivity (Wildman–Crippen MR) is 80.0 cm³/mol. The van der Waals surface area contributed by atoms with Gasteiger partial charge in [-0.15, -0.1) is 0 Å². The van der Waals surface area contributed by atoms with Crippen molar-refractivity contribution in [3.63, 3.8) is 0 Å². The number of nitrogens with one attached hydrogen (secondary N) is 1. The van der Waals surface area contributed by atoms with Crippen LogP contribution in [0.3, 0.4) is 0 Å². The third-order valence-electron chi connectivity index (χ3n) is 4.03. The van der Waals surface area contributed by atoms with E-state index in [0.29, 0.717) is 0 Å². The summed E-state index contributed by atoms with van der Waals surface area (Å²) in [6.45, 7) is 1.02. The van der Waals surface area contributed by atoms with Crippen LogP contribution in [0.15, 0.2) is 16.6 Å². The van der Waals surface area contributed by atoms with E-state index in [1.807, 2.05) is 12.1 Å². The maximum atomic E-state index is 10.1. The van der Waals surface area contributed by atoms with E-state index < -0.39 is 0 Å². The fourth-order valence-electron chi connectivity index (χ4n) is 2.90. The lowest BCUT2D eigenvalue weighted by molar-refractivity contribution is 0.119. The van der Waals surface area contributed by atoms with Crippen LogP contribution in [0.5, 0.6) is 11.5 Å². The average Bonchev–Trinajstić information content (AvgIpc) is 2.81. The van der Waals surface area contributed by atoms with Crippen molar-refractivity contribution in [2.24, 2.45) is 0 Å². The molecule has 0 spiro atoms. The molecule has 1 aliphatic carbocycles. The van der Waals surface area contributed by atoms with Crippen molar-refractivity contribution in [3.05, 3.63) is 22.2 Å². The lowest BCUT2D eigenvalue weighted by Crippen LogP contribution is -2.38. The molecule has 0 radical (unpaired) electrons. The first kappa shape index (κ1) is 14.2. The topological polar surface area (TPSA) is 50.7 Å². The SMILES string of the molecule is OC1CCCCCC1NCc1cc(Br)c2c(c1)OCO2. The summed E-state index contributed by atoms with van der Waals surface area (Å²) in [5.74, 6) is 1.57. The van der Waals surface area contributed by atoms with Crippen molar-refractivity contribution < 1.29 is 14.6 Å². The van der Waals surface area contributed by atoms with Crippen LogP contribution in [0.25, 0.3) is 0 Å². The van der Waals surface area contributed by atoms with Crippen LogP contribution in [0, 0.1) is 0 Å². The lowest BCUT2D eigenvalue weighted by atomic mass is 10.1. The van der Waals surface area contributed by atoms with Gasteiger partial charge in [-0.25, -0.2) is 0 Å². The third-order valence-corrected chi connectivity index (χ3v) is 4.62.